The van der Waals surface area contributed by atoms with Gasteiger partial charge in [0.1, 0.15) is 11.6 Å². The molecule has 1 amide bonds. The third-order valence-corrected chi connectivity index (χ3v) is 5.19. The summed E-state index contributed by atoms with van der Waals surface area (Å²) in [5.74, 6) is -0.0472. The van der Waals surface area contributed by atoms with Gasteiger partial charge in [-0.2, -0.15) is 13.2 Å². The van der Waals surface area contributed by atoms with Crippen molar-refractivity contribution in [2.75, 3.05) is 17.3 Å². The maximum Gasteiger partial charge on any atom is 0.422 e. The lowest BCUT2D eigenvalue weighted by Crippen LogP contribution is -2.26. The molecule has 1 aliphatic rings. The fraction of sp³-hybridized carbons (Fsp3) is 0.348. The monoisotopic (exact) mass is 487 g/mol. The lowest BCUT2D eigenvalue weighted by Gasteiger charge is -2.15. The van der Waals surface area contributed by atoms with Crippen molar-refractivity contribution in [1.82, 2.24) is 25.4 Å². The van der Waals surface area contributed by atoms with E-state index in [1.165, 1.54) is 24.7 Å². The number of rotatable bonds is 10. The van der Waals surface area contributed by atoms with Gasteiger partial charge in [-0.1, -0.05) is 6.92 Å². The molecule has 1 saturated carbocycles. The zero-order chi connectivity index (χ0) is 24.8. The highest BCUT2D eigenvalue weighted by Gasteiger charge is 2.28. The van der Waals surface area contributed by atoms with Crippen molar-refractivity contribution in [3.63, 3.8) is 0 Å². The second-order valence-electron chi connectivity index (χ2n) is 8.04. The van der Waals surface area contributed by atoms with Crippen molar-refractivity contribution in [2.45, 2.75) is 44.3 Å². The predicted octanol–water partition coefficient (Wildman–Crippen LogP) is 4.09. The van der Waals surface area contributed by atoms with Crippen LogP contribution in [0.2, 0.25) is 0 Å². The predicted molar refractivity (Wildman–Crippen MR) is 122 cm³/mol. The molecule has 4 rings (SSSR count). The molecule has 0 saturated heterocycles. The Labute approximate surface area is 199 Å². The summed E-state index contributed by atoms with van der Waals surface area (Å²) < 4.78 is 41.9. The van der Waals surface area contributed by atoms with Crippen molar-refractivity contribution in [2.24, 2.45) is 0 Å². The van der Waals surface area contributed by atoms with Gasteiger partial charge in [-0.25, -0.2) is 20.4 Å². The van der Waals surface area contributed by atoms with Crippen LogP contribution >= 0.6 is 0 Å². The highest BCUT2D eigenvalue weighted by Crippen LogP contribution is 2.26. The number of hydrazine groups is 1. The van der Waals surface area contributed by atoms with Gasteiger partial charge in [0.25, 0.3) is 0 Å². The number of halogens is 3. The number of hydrogen-bond donors (Lipinski definition) is 3. The molecule has 9 nitrogen and oxygen atoms in total. The number of carbonyl (C=O) groups excluding carboxylic acids is 1. The Balaban J connectivity index is 1.39. The summed E-state index contributed by atoms with van der Waals surface area (Å²) in [7, 11) is 0. The van der Waals surface area contributed by atoms with Crippen LogP contribution in [-0.2, 0) is 4.79 Å². The van der Waals surface area contributed by atoms with E-state index in [0.717, 1.165) is 12.8 Å². The molecular weight excluding hydrogens is 463 g/mol. The largest absolute Gasteiger partial charge is 0.482 e. The van der Waals surface area contributed by atoms with E-state index in [9.17, 15) is 18.0 Å². The molecule has 0 spiro atoms. The number of nitrogens with zero attached hydrogens (tertiary/aromatic N) is 4. The molecule has 12 heteroatoms. The Bertz CT molecular complexity index is 1150. The smallest absolute Gasteiger partial charge is 0.422 e. The van der Waals surface area contributed by atoms with Crippen LogP contribution in [0.5, 0.6) is 5.75 Å². The number of ether oxygens (including phenoxy) is 1. The van der Waals surface area contributed by atoms with Crippen LogP contribution in [0.25, 0.3) is 11.1 Å². The molecule has 3 N–H and O–H groups in total. The van der Waals surface area contributed by atoms with Gasteiger partial charge in [-0.15, -0.1) is 0 Å². The first-order valence-corrected chi connectivity index (χ1v) is 11.1. The SMILES string of the molecule is CCC(C(=O)Nc1ccc(-c2cncc(OCC(F)(F)F)c2)cn1)c1ccnc(NNC2CC2)n1. The van der Waals surface area contributed by atoms with E-state index in [-0.39, 0.29) is 11.7 Å². The average Bonchev–Trinajstić information content (AvgIpc) is 3.67. The first-order valence-electron chi connectivity index (χ1n) is 11.1. The molecule has 184 valence electrons. The fourth-order valence-electron chi connectivity index (χ4n) is 3.22. The minimum atomic E-state index is -4.44. The Kier molecular flexibility index (Phi) is 7.39. The zero-order valence-corrected chi connectivity index (χ0v) is 18.8. The van der Waals surface area contributed by atoms with Crippen molar-refractivity contribution < 1.29 is 22.7 Å². The zero-order valence-electron chi connectivity index (χ0n) is 18.8. The van der Waals surface area contributed by atoms with E-state index in [1.54, 1.807) is 24.4 Å². The first kappa shape index (κ1) is 24.3. The summed E-state index contributed by atoms with van der Waals surface area (Å²) in [4.78, 5) is 29.7. The Morgan fingerprint density at radius 1 is 1.14 bits per heavy atom. The molecule has 3 aromatic rings. The second kappa shape index (κ2) is 10.6. The first-order chi connectivity index (χ1) is 16.8. The van der Waals surface area contributed by atoms with Gasteiger partial charge in [-0.05, 0) is 43.5 Å². The molecule has 1 fully saturated rings. The van der Waals surface area contributed by atoms with Gasteiger partial charge in [0.2, 0.25) is 11.9 Å². The highest BCUT2D eigenvalue weighted by atomic mass is 19.4. The molecule has 0 aliphatic heterocycles. The number of carbonyl (C=O) groups is 1. The summed E-state index contributed by atoms with van der Waals surface area (Å²) in [5, 5.41) is 2.79. The van der Waals surface area contributed by atoms with E-state index >= 15 is 0 Å². The summed E-state index contributed by atoms with van der Waals surface area (Å²) in [6.07, 6.45) is 4.08. The Morgan fingerprint density at radius 2 is 1.97 bits per heavy atom. The lowest BCUT2D eigenvalue weighted by atomic mass is 10.0. The lowest BCUT2D eigenvalue weighted by molar-refractivity contribution is -0.153. The number of anilines is 2. The van der Waals surface area contributed by atoms with E-state index in [0.29, 0.717) is 41.0 Å². The Hall–Kier alpha value is -3.80. The van der Waals surface area contributed by atoms with Crippen LogP contribution in [0, 0.1) is 0 Å². The van der Waals surface area contributed by atoms with Crippen LogP contribution in [0.3, 0.4) is 0 Å². The van der Waals surface area contributed by atoms with Gasteiger partial charge >= 0.3 is 6.18 Å². The summed E-state index contributed by atoms with van der Waals surface area (Å²) in [6, 6.07) is 6.86. The highest BCUT2D eigenvalue weighted by molar-refractivity contribution is 5.95. The molecular formula is C23H24F3N7O2. The van der Waals surface area contributed by atoms with E-state index < -0.39 is 18.7 Å². The van der Waals surface area contributed by atoms with Crippen LogP contribution in [-0.4, -0.2) is 44.7 Å². The summed E-state index contributed by atoms with van der Waals surface area (Å²) >= 11 is 0. The molecule has 35 heavy (non-hydrogen) atoms. The number of alkyl halides is 3. The molecule has 1 unspecified atom stereocenters. The standard InChI is InChI=1S/C23H24F3N7O2/c1-2-18(19-7-8-28-22(30-19)33-32-16-4-5-16)21(34)31-20-6-3-14(11-29-20)15-9-17(12-27-10-15)35-13-23(24,25)26/h3,6-12,16,18,32H,2,4-5,13H2,1H3,(H,28,30,33)(H,29,31,34). The number of amides is 1. The molecule has 1 atom stereocenters. The van der Waals surface area contributed by atoms with Crippen LogP contribution < -0.4 is 20.9 Å². The minimum absolute atomic E-state index is 0.00552. The van der Waals surface area contributed by atoms with E-state index in [2.05, 4.69) is 36.1 Å². The maximum absolute atomic E-state index is 12.9. The number of aromatic nitrogens is 4. The van der Waals surface area contributed by atoms with Gasteiger partial charge in [-0.3, -0.25) is 15.2 Å². The van der Waals surface area contributed by atoms with Gasteiger partial charge in [0.05, 0.1) is 17.8 Å². The molecule has 0 aromatic carbocycles. The maximum atomic E-state index is 12.9. The van der Waals surface area contributed by atoms with Gasteiger partial charge in [0.15, 0.2) is 6.61 Å². The van der Waals surface area contributed by atoms with Crippen molar-refractivity contribution in [3.05, 3.63) is 54.7 Å². The Morgan fingerprint density at radius 3 is 2.66 bits per heavy atom. The van der Waals surface area contributed by atoms with Crippen molar-refractivity contribution in [3.8, 4) is 16.9 Å². The number of hydrogen-bond acceptors (Lipinski definition) is 8. The third-order valence-electron chi connectivity index (χ3n) is 5.19. The normalized spacial score (nSPS) is 14.3. The second-order valence-corrected chi connectivity index (χ2v) is 8.04. The molecule has 3 heterocycles. The average molecular weight is 487 g/mol. The fourth-order valence-corrected chi connectivity index (χ4v) is 3.22. The van der Waals surface area contributed by atoms with Crippen LogP contribution in [0.4, 0.5) is 24.9 Å². The molecule has 0 bridgehead atoms. The number of pyridine rings is 2. The minimum Gasteiger partial charge on any atom is -0.482 e. The quantitative estimate of drug-likeness (QED) is 0.367. The van der Waals surface area contributed by atoms with Crippen molar-refractivity contribution >= 4 is 17.7 Å². The van der Waals surface area contributed by atoms with E-state index in [1.807, 2.05) is 6.92 Å². The summed E-state index contributed by atoms with van der Waals surface area (Å²) in [6.45, 7) is 0.486. The van der Waals surface area contributed by atoms with E-state index in [4.69, 9.17) is 4.74 Å². The molecule has 3 aromatic heterocycles. The summed E-state index contributed by atoms with van der Waals surface area (Å²) in [5.41, 5.74) is 7.80. The molecule has 0 radical (unpaired) electrons. The van der Waals surface area contributed by atoms with Crippen LogP contribution in [0.15, 0.2) is 49.1 Å². The molecule has 1 aliphatic carbocycles. The van der Waals surface area contributed by atoms with Crippen LogP contribution in [0.1, 0.15) is 37.8 Å². The van der Waals surface area contributed by atoms with Gasteiger partial charge in [0, 0.05) is 35.8 Å². The van der Waals surface area contributed by atoms with Gasteiger partial charge < -0.3 is 10.1 Å². The topological polar surface area (TPSA) is 114 Å². The van der Waals surface area contributed by atoms with Crippen molar-refractivity contribution in [1.29, 1.82) is 0 Å². The number of nitrogens with one attached hydrogen (secondary N) is 3. The third kappa shape index (κ3) is 7.09.